The molecular formula is C25H24N4O3. The number of rotatable bonds is 5. The van der Waals surface area contributed by atoms with Crippen LogP contribution in [0.4, 0.5) is 0 Å². The molecule has 0 radical (unpaired) electrons. The van der Waals surface area contributed by atoms with Gasteiger partial charge < -0.3 is 19.8 Å². The lowest BCUT2D eigenvalue weighted by Gasteiger charge is -2.25. The Bertz CT molecular complexity index is 1240. The molecule has 1 atom stereocenters. The first-order valence-corrected chi connectivity index (χ1v) is 10.7. The summed E-state index contributed by atoms with van der Waals surface area (Å²) in [5.41, 5.74) is 3.91. The molecule has 1 amide bonds. The van der Waals surface area contributed by atoms with Gasteiger partial charge in [0.1, 0.15) is 28.9 Å². The Hall–Kier alpha value is -3.87. The first-order valence-electron chi connectivity index (χ1n) is 10.7. The van der Waals surface area contributed by atoms with Gasteiger partial charge in [0.2, 0.25) is 5.91 Å². The van der Waals surface area contributed by atoms with Gasteiger partial charge in [-0.05, 0) is 68.5 Å². The summed E-state index contributed by atoms with van der Waals surface area (Å²) < 4.78 is 12.2. The van der Waals surface area contributed by atoms with E-state index in [0.29, 0.717) is 36.8 Å². The number of carbonyl (C=O) groups excluding carboxylic acids is 1. The van der Waals surface area contributed by atoms with Crippen molar-refractivity contribution < 1.29 is 14.3 Å². The lowest BCUT2D eigenvalue weighted by molar-refractivity contribution is -0.120. The molecule has 3 heterocycles. The van der Waals surface area contributed by atoms with Crippen molar-refractivity contribution in [3.05, 3.63) is 77.1 Å². The molecule has 5 rings (SSSR count). The number of amides is 1. The van der Waals surface area contributed by atoms with Crippen LogP contribution >= 0.6 is 0 Å². The van der Waals surface area contributed by atoms with Gasteiger partial charge in [-0.3, -0.25) is 4.79 Å². The molecule has 2 aliphatic heterocycles. The van der Waals surface area contributed by atoms with Crippen molar-refractivity contribution in [2.75, 3.05) is 6.61 Å². The normalized spacial score (nSPS) is 18.7. The average Bonchev–Trinajstić information content (AvgIpc) is 3.26. The maximum atomic E-state index is 11.7. The molecule has 2 N–H and O–H groups in total. The van der Waals surface area contributed by atoms with Gasteiger partial charge in [-0.15, -0.1) is 0 Å². The van der Waals surface area contributed by atoms with Gasteiger partial charge in [0.15, 0.2) is 0 Å². The van der Waals surface area contributed by atoms with E-state index in [-0.39, 0.29) is 11.8 Å². The van der Waals surface area contributed by atoms with Crippen molar-refractivity contribution >= 4 is 23.7 Å². The largest absolute Gasteiger partial charge is 0.493 e. The van der Waals surface area contributed by atoms with E-state index in [1.165, 1.54) is 0 Å². The summed E-state index contributed by atoms with van der Waals surface area (Å²) >= 11 is 0. The Morgan fingerprint density at radius 1 is 1.28 bits per heavy atom. The molecule has 0 saturated heterocycles. The van der Waals surface area contributed by atoms with Gasteiger partial charge in [0.05, 0.1) is 23.6 Å². The van der Waals surface area contributed by atoms with E-state index >= 15 is 0 Å². The summed E-state index contributed by atoms with van der Waals surface area (Å²) in [7, 11) is 0. The number of aromatic nitrogens is 2. The minimum absolute atomic E-state index is 0.0610. The van der Waals surface area contributed by atoms with Crippen LogP contribution in [0.3, 0.4) is 0 Å². The molecule has 0 bridgehead atoms. The van der Waals surface area contributed by atoms with Crippen molar-refractivity contribution in [3.63, 3.8) is 0 Å². The summed E-state index contributed by atoms with van der Waals surface area (Å²) in [6, 6.07) is 13.9. The fourth-order valence-electron chi connectivity index (χ4n) is 4.20. The molecule has 0 aliphatic carbocycles. The lowest BCUT2D eigenvalue weighted by atomic mass is 9.96. The number of H-pyrrole nitrogens is 1. The molecule has 32 heavy (non-hydrogen) atoms. The number of benzene rings is 2. The molecule has 7 nitrogen and oxygen atoms in total. The molecule has 2 aromatic carbocycles. The van der Waals surface area contributed by atoms with Crippen LogP contribution in [0.5, 0.6) is 11.5 Å². The van der Waals surface area contributed by atoms with Gasteiger partial charge in [0, 0.05) is 12.0 Å². The number of carbonyl (C=O) groups is 1. The van der Waals surface area contributed by atoms with Gasteiger partial charge in [0.25, 0.3) is 0 Å². The van der Waals surface area contributed by atoms with Gasteiger partial charge in [-0.1, -0.05) is 12.1 Å². The Balaban J connectivity index is 1.38. The number of allylic oxidation sites excluding steroid dienone is 2. The first-order chi connectivity index (χ1) is 15.6. The Morgan fingerprint density at radius 3 is 2.97 bits per heavy atom. The number of fused-ring (bicyclic) bond motifs is 2. The standard InChI is InChI=1S/C25H24N4O3/c1-3-21(18-9-11-23(30)29-25(18)26-2)32-17-8-10-22-15(13-17)12-16(14-31-22)24-27-19-6-4-5-7-20(19)28-24/h3-8,10,13,16H,2,9,11-12,14H2,1H3,(H,27,28)(H,29,30)/b21-3+. The van der Waals surface area contributed by atoms with E-state index in [4.69, 9.17) is 14.5 Å². The first kappa shape index (κ1) is 20.1. The zero-order valence-electron chi connectivity index (χ0n) is 17.9. The molecule has 0 spiro atoms. The van der Waals surface area contributed by atoms with Crippen molar-refractivity contribution in [3.8, 4) is 11.5 Å². The molecule has 7 heteroatoms. The Morgan fingerprint density at radius 2 is 2.16 bits per heavy atom. The maximum absolute atomic E-state index is 11.7. The van der Waals surface area contributed by atoms with Crippen LogP contribution < -0.4 is 14.8 Å². The number of nitrogens with zero attached hydrogens (tertiary/aromatic N) is 2. The second-order valence-electron chi connectivity index (χ2n) is 7.91. The van der Waals surface area contributed by atoms with Crippen LogP contribution in [0.1, 0.15) is 37.1 Å². The smallest absolute Gasteiger partial charge is 0.225 e. The summed E-state index contributed by atoms with van der Waals surface area (Å²) in [5, 5.41) is 2.76. The molecule has 1 unspecified atom stereocenters. The van der Waals surface area contributed by atoms with E-state index in [0.717, 1.165) is 40.2 Å². The van der Waals surface area contributed by atoms with Gasteiger partial charge >= 0.3 is 0 Å². The lowest BCUT2D eigenvalue weighted by Crippen LogP contribution is -2.28. The molecule has 3 aromatic rings. The molecule has 0 saturated carbocycles. The van der Waals surface area contributed by atoms with Crippen molar-refractivity contribution in [1.29, 1.82) is 0 Å². The van der Waals surface area contributed by atoms with E-state index in [1.54, 1.807) is 0 Å². The predicted octanol–water partition coefficient (Wildman–Crippen LogP) is 4.39. The molecule has 0 fully saturated rings. The Labute approximate surface area is 185 Å². The minimum atomic E-state index is -0.0610. The number of hydrogen-bond donors (Lipinski definition) is 2. The Kier molecular flexibility index (Phi) is 5.23. The van der Waals surface area contributed by atoms with E-state index < -0.39 is 0 Å². The maximum Gasteiger partial charge on any atom is 0.225 e. The summed E-state index contributed by atoms with van der Waals surface area (Å²) in [4.78, 5) is 23.8. The van der Waals surface area contributed by atoms with Crippen LogP contribution in [0.25, 0.3) is 11.0 Å². The van der Waals surface area contributed by atoms with Crippen LogP contribution in [0.2, 0.25) is 0 Å². The third-order valence-corrected chi connectivity index (χ3v) is 5.82. The average molecular weight is 428 g/mol. The van der Waals surface area contributed by atoms with Crippen molar-refractivity contribution in [2.24, 2.45) is 4.99 Å². The molecule has 2 aliphatic rings. The summed E-state index contributed by atoms with van der Waals surface area (Å²) in [5.74, 6) is 3.71. The highest BCUT2D eigenvalue weighted by Gasteiger charge is 2.25. The zero-order valence-corrected chi connectivity index (χ0v) is 17.9. The number of aromatic amines is 1. The molecular weight excluding hydrogens is 404 g/mol. The zero-order chi connectivity index (χ0) is 22.1. The minimum Gasteiger partial charge on any atom is -0.493 e. The number of hydrogen-bond acceptors (Lipinski definition) is 5. The monoisotopic (exact) mass is 428 g/mol. The summed E-state index contributed by atoms with van der Waals surface area (Å²) in [6.45, 7) is 6.05. The summed E-state index contributed by atoms with van der Waals surface area (Å²) in [6.07, 6.45) is 3.63. The number of aliphatic imine (C=N–C) groups is 1. The van der Waals surface area contributed by atoms with Gasteiger partial charge in [-0.25, -0.2) is 9.98 Å². The van der Waals surface area contributed by atoms with E-state index in [1.807, 2.05) is 55.5 Å². The van der Waals surface area contributed by atoms with Crippen LogP contribution in [0.15, 0.2) is 70.7 Å². The third-order valence-electron chi connectivity index (χ3n) is 5.82. The third kappa shape index (κ3) is 3.77. The van der Waals surface area contributed by atoms with E-state index in [2.05, 4.69) is 22.0 Å². The van der Waals surface area contributed by atoms with Gasteiger partial charge in [-0.2, -0.15) is 0 Å². The number of nitrogens with one attached hydrogen (secondary N) is 2. The fraction of sp³-hybridized carbons (Fsp3) is 0.240. The van der Waals surface area contributed by atoms with Crippen molar-refractivity contribution in [2.45, 2.75) is 32.1 Å². The van der Waals surface area contributed by atoms with Crippen molar-refractivity contribution in [1.82, 2.24) is 15.3 Å². The highest BCUT2D eigenvalue weighted by molar-refractivity contribution is 5.80. The van der Waals surface area contributed by atoms with E-state index in [9.17, 15) is 4.79 Å². The fourth-order valence-corrected chi connectivity index (χ4v) is 4.20. The topological polar surface area (TPSA) is 88.6 Å². The van der Waals surface area contributed by atoms with Crippen LogP contribution in [-0.4, -0.2) is 29.2 Å². The molecule has 162 valence electrons. The highest BCUT2D eigenvalue weighted by atomic mass is 16.5. The number of ether oxygens (including phenoxy) is 2. The second kappa shape index (κ2) is 8.34. The predicted molar refractivity (Wildman–Crippen MR) is 123 cm³/mol. The van der Waals surface area contributed by atoms with Crippen LogP contribution in [0, 0.1) is 0 Å². The number of imidazole rings is 1. The quantitative estimate of drug-likeness (QED) is 0.466. The molecule has 1 aromatic heterocycles. The second-order valence-corrected chi connectivity index (χ2v) is 7.91. The SMILES string of the molecule is C=NC1=C(/C(=C\C)Oc2ccc3c(c2)CC(c2nc4ccccc4[nH]2)CO3)CCC(=O)N1. The van der Waals surface area contributed by atoms with Crippen LogP contribution in [-0.2, 0) is 11.2 Å². The number of para-hydroxylation sites is 2. The highest BCUT2D eigenvalue weighted by Crippen LogP contribution is 2.36.